The number of hydrogen-bond acceptors (Lipinski definition) is 3. The number of unbranched alkanes of at least 4 members (excludes halogenated alkanes) is 11. The number of rotatable bonds is 12. The summed E-state index contributed by atoms with van der Waals surface area (Å²) in [6, 6.07) is 10.6. The van der Waals surface area contributed by atoms with Crippen LogP contribution in [0.3, 0.4) is 0 Å². The summed E-state index contributed by atoms with van der Waals surface area (Å²) in [5, 5.41) is 9.56. The fraction of sp³-hybridized carbons (Fsp3) is 0.609. The van der Waals surface area contributed by atoms with E-state index < -0.39 is 0 Å². The van der Waals surface area contributed by atoms with Crippen LogP contribution < -0.4 is 5.63 Å². The minimum atomic E-state index is -0.302. The lowest BCUT2D eigenvalue weighted by Gasteiger charge is -2.01. The molecule has 0 amide bonds. The van der Waals surface area contributed by atoms with Gasteiger partial charge in [0, 0.05) is 18.1 Å². The molecule has 0 aliphatic rings. The van der Waals surface area contributed by atoms with Crippen molar-refractivity contribution in [1.82, 2.24) is 0 Å². The Morgan fingerprint density at radius 3 is 1.85 bits per heavy atom. The molecule has 0 saturated carbocycles. The first-order chi connectivity index (χ1) is 12.8. The molecule has 0 atom stereocenters. The smallest absolute Gasteiger partial charge is 0.336 e. The van der Waals surface area contributed by atoms with Gasteiger partial charge < -0.3 is 9.52 Å². The lowest BCUT2D eigenvalue weighted by Crippen LogP contribution is -1.93. The van der Waals surface area contributed by atoms with Crippen LogP contribution in [0.4, 0.5) is 0 Å². The molecule has 1 N–H and O–H groups in total. The molecule has 0 aliphatic heterocycles. The van der Waals surface area contributed by atoms with Gasteiger partial charge in [0.15, 0.2) is 0 Å². The van der Waals surface area contributed by atoms with Crippen molar-refractivity contribution in [3.05, 3.63) is 46.8 Å². The van der Waals surface area contributed by atoms with Crippen LogP contribution in [0.15, 0.2) is 45.6 Å². The number of aliphatic hydroxyl groups excluding tert-OH is 1. The Morgan fingerprint density at radius 2 is 1.27 bits per heavy atom. The fourth-order valence-electron chi connectivity index (χ4n) is 2.96. The topological polar surface area (TPSA) is 50.4 Å². The van der Waals surface area contributed by atoms with Crippen LogP contribution in [0.1, 0.15) is 84.0 Å². The van der Waals surface area contributed by atoms with Gasteiger partial charge in [-0.1, -0.05) is 95.8 Å². The van der Waals surface area contributed by atoms with E-state index in [-0.39, 0.29) is 5.63 Å². The minimum absolute atomic E-state index is 0.302. The molecule has 2 rings (SSSR count). The molecule has 3 heteroatoms. The van der Waals surface area contributed by atoms with Crippen molar-refractivity contribution in [1.29, 1.82) is 0 Å². The second-order valence-corrected chi connectivity index (χ2v) is 6.90. The third kappa shape index (κ3) is 11.1. The molecular formula is C23H36O3. The zero-order valence-corrected chi connectivity index (χ0v) is 16.4. The average Bonchev–Trinajstić information content (AvgIpc) is 2.66. The Bertz CT molecular complexity index is 606. The summed E-state index contributed by atoms with van der Waals surface area (Å²) in [5.41, 5.74) is 0.337. The van der Waals surface area contributed by atoms with Gasteiger partial charge in [0.1, 0.15) is 5.58 Å². The molecule has 1 aromatic carbocycles. The van der Waals surface area contributed by atoms with Gasteiger partial charge in [0.2, 0.25) is 0 Å². The van der Waals surface area contributed by atoms with E-state index in [1.54, 1.807) is 12.1 Å². The second-order valence-electron chi connectivity index (χ2n) is 6.90. The molecule has 2 aromatic rings. The molecule has 0 spiro atoms. The predicted octanol–water partition coefficient (Wildman–Crippen LogP) is 6.47. The van der Waals surface area contributed by atoms with E-state index in [0.29, 0.717) is 12.2 Å². The van der Waals surface area contributed by atoms with Crippen molar-refractivity contribution in [2.24, 2.45) is 0 Å². The largest absolute Gasteiger partial charge is 0.423 e. The maximum atomic E-state index is 10.7. The summed E-state index contributed by atoms with van der Waals surface area (Å²) in [4.78, 5) is 10.7. The third-order valence-corrected chi connectivity index (χ3v) is 4.54. The number of fused-ring (bicyclic) bond motifs is 1. The van der Waals surface area contributed by atoms with E-state index >= 15 is 0 Å². The summed E-state index contributed by atoms with van der Waals surface area (Å²) < 4.78 is 4.91. The molecule has 146 valence electrons. The van der Waals surface area contributed by atoms with E-state index in [1.807, 2.05) is 18.2 Å². The highest BCUT2D eigenvalue weighted by molar-refractivity contribution is 5.75. The molecule has 0 fully saturated rings. The zero-order chi connectivity index (χ0) is 18.9. The average molecular weight is 361 g/mol. The van der Waals surface area contributed by atoms with Gasteiger partial charge in [-0.3, -0.25) is 0 Å². The monoisotopic (exact) mass is 360 g/mol. The molecule has 0 saturated heterocycles. The van der Waals surface area contributed by atoms with Crippen LogP contribution >= 0.6 is 0 Å². The normalized spacial score (nSPS) is 10.5. The first-order valence-electron chi connectivity index (χ1n) is 10.4. The molecule has 0 radical (unpaired) electrons. The second kappa shape index (κ2) is 15.6. The molecule has 26 heavy (non-hydrogen) atoms. The lowest BCUT2D eigenvalue weighted by molar-refractivity contribution is 0.282. The first kappa shape index (κ1) is 22.4. The molecule has 3 nitrogen and oxygen atoms in total. The summed E-state index contributed by atoms with van der Waals surface area (Å²) in [6.07, 6.45) is 16.2. The van der Waals surface area contributed by atoms with Gasteiger partial charge in [0.05, 0.1) is 0 Å². The Morgan fingerprint density at radius 1 is 0.731 bits per heavy atom. The van der Waals surface area contributed by atoms with Crippen molar-refractivity contribution < 1.29 is 9.52 Å². The van der Waals surface area contributed by atoms with Crippen LogP contribution in [-0.2, 0) is 0 Å². The Labute approximate surface area is 158 Å². The fourth-order valence-corrected chi connectivity index (χ4v) is 2.96. The Kier molecular flexibility index (Phi) is 13.5. The SMILES string of the molecule is CCCCCCCCCCCCCCO.O=c1ccc2ccccc2o1. The van der Waals surface area contributed by atoms with Crippen LogP contribution in [0.25, 0.3) is 11.0 Å². The summed E-state index contributed by atoms with van der Waals surface area (Å²) in [6.45, 7) is 2.64. The maximum Gasteiger partial charge on any atom is 0.336 e. The number of benzene rings is 1. The molecule has 1 aromatic heterocycles. The van der Waals surface area contributed by atoms with Crippen molar-refractivity contribution in [2.45, 2.75) is 84.0 Å². The van der Waals surface area contributed by atoms with Crippen molar-refractivity contribution in [3.8, 4) is 0 Å². The molecule has 0 bridgehead atoms. The van der Waals surface area contributed by atoms with E-state index in [0.717, 1.165) is 11.8 Å². The molecular weight excluding hydrogens is 324 g/mol. The Hall–Kier alpha value is -1.61. The standard InChI is InChI=1S/C14H30O.C9H6O2/c1-2-3-4-5-6-7-8-9-10-11-12-13-14-15;10-9-6-5-7-3-1-2-4-8(7)11-9/h15H,2-14H2,1H3;1-6H. The number of para-hydroxylation sites is 1. The van der Waals surface area contributed by atoms with E-state index in [9.17, 15) is 4.79 Å². The first-order valence-corrected chi connectivity index (χ1v) is 10.4. The van der Waals surface area contributed by atoms with Gasteiger partial charge in [-0.05, 0) is 18.6 Å². The van der Waals surface area contributed by atoms with Crippen LogP contribution in [0.5, 0.6) is 0 Å². The van der Waals surface area contributed by atoms with E-state index in [2.05, 4.69) is 6.92 Å². The van der Waals surface area contributed by atoms with E-state index in [4.69, 9.17) is 9.52 Å². The van der Waals surface area contributed by atoms with Gasteiger partial charge in [-0.15, -0.1) is 0 Å². The van der Waals surface area contributed by atoms with Gasteiger partial charge in [-0.25, -0.2) is 4.79 Å². The van der Waals surface area contributed by atoms with Crippen molar-refractivity contribution in [3.63, 3.8) is 0 Å². The van der Waals surface area contributed by atoms with Gasteiger partial charge >= 0.3 is 5.63 Å². The third-order valence-electron chi connectivity index (χ3n) is 4.54. The predicted molar refractivity (Wildman–Crippen MR) is 111 cm³/mol. The molecule has 0 unspecified atom stereocenters. The maximum absolute atomic E-state index is 10.7. The number of aliphatic hydroxyl groups is 1. The highest BCUT2D eigenvalue weighted by Gasteiger charge is 1.93. The molecule has 0 aliphatic carbocycles. The van der Waals surface area contributed by atoms with Crippen molar-refractivity contribution >= 4 is 11.0 Å². The lowest BCUT2D eigenvalue weighted by atomic mass is 10.1. The number of hydrogen-bond donors (Lipinski definition) is 1. The van der Waals surface area contributed by atoms with Gasteiger partial charge in [-0.2, -0.15) is 0 Å². The van der Waals surface area contributed by atoms with Crippen LogP contribution in [0, 0.1) is 0 Å². The summed E-state index contributed by atoms with van der Waals surface area (Å²) >= 11 is 0. The van der Waals surface area contributed by atoms with Gasteiger partial charge in [0.25, 0.3) is 0 Å². The zero-order valence-electron chi connectivity index (χ0n) is 16.4. The van der Waals surface area contributed by atoms with E-state index in [1.165, 1.54) is 76.7 Å². The summed E-state index contributed by atoms with van der Waals surface area (Å²) in [7, 11) is 0. The quantitative estimate of drug-likeness (QED) is 0.348. The van der Waals surface area contributed by atoms with Crippen LogP contribution in [0.2, 0.25) is 0 Å². The summed E-state index contributed by atoms with van der Waals surface area (Å²) in [5.74, 6) is 0. The Balaban J connectivity index is 0.000000269. The van der Waals surface area contributed by atoms with Crippen molar-refractivity contribution in [2.75, 3.05) is 6.61 Å². The minimum Gasteiger partial charge on any atom is -0.423 e. The van der Waals surface area contributed by atoms with Crippen LogP contribution in [-0.4, -0.2) is 11.7 Å². The molecule has 1 heterocycles. The highest BCUT2D eigenvalue weighted by atomic mass is 16.4. The highest BCUT2D eigenvalue weighted by Crippen LogP contribution is 2.11.